The lowest BCUT2D eigenvalue weighted by Gasteiger charge is -2.25. The maximum Gasteiger partial charge on any atom is 0.0233 e. The van der Waals surface area contributed by atoms with Crippen molar-refractivity contribution in [1.29, 1.82) is 0 Å². The number of nitrogens with one attached hydrogen (secondary N) is 1. The van der Waals surface area contributed by atoms with E-state index in [-0.39, 0.29) is 0 Å². The number of rotatable bonds is 3. The lowest BCUT2D eigenvalue weighted by atomic mass is 10.1. The average molecular weight is 301 g/mol. The van der Waals surface area contributed by atoms with Crippen molar-refractivity contribution in [3.05, 3.63) is 42.0 Å². The molecule has 0 spiro atoms. The normalized spacial score (nSPS) is 20.0. The molecule has 0 unspecified atom stereocenters. The van der Waals surface area contributed by atoms with E-state index < -0.39 is 0 Å². The van der Waals surface area contributed by atoms with Crippen LogP contribution in [0.2, 0.25) is 0 Å². The molecule has 0 aromatic heterocycles. The van der Waals surface area contributed by atoms with Gasteiger partial charge in [-0.1, -0.05) is 36.9 Å². The van der Waals surface area contributed by atoms with Gasteiger partial charge in [0.1, 0.15) is 0 Å². The van der Waals surface area contributed by atoms with Crippen LogP contribution in [0.4, 0.5) is 0 Å². The van der Waals surface area contributed by atoms with Crippen LogP contribution in [-0.4, -0.2) is 56.1 Å². The van der Waals surface area contributed by atoms with Crippen LogP contribution in [-0.2, 0) is 6.54 Å². The van der Waals surface area contributed by atoms with Gasteiger partial charge in [-0.3, -0.25) is 4.90 Å². The van der Waals surface area contributed by atoms with E-state index in [1.807, 2.05) is 6.08 Å². The maximum atomic E-state index is 3.82. The monoisotopic (exact) mass is 301 g/mol. The summed E-state index contributed by atoms with van der Waals surface area (Å²) in [4.78, 5) is 5.06. The number of hydrogen-bond donors (Lipinski definition) is 1. The molecule has 22 heavy (non-hydrogen) atoms. The molecule has 0 saturated carbocycles. The Labute approximate surface area is 136 Å². The highest BCUT2D eigenvalue weighted by atomic mass is 15.1. The fourth-order valence-corrected chi connectivity index (χ4v) is 2.99. The number of benzene rings is 1. The zero-order valence-electron chi connectivity index (χ0n) is 14.1. The summed E-state index contributed by atoms with van der Waals surface area (Å²) < 4.78 is 0. The van der Waals surface area contributed by atoms with Crippen molar-refractivity contribution in [1.82, 2.24) is 15.1 Å². The summed E-state index contributed by atoms with van der Waals surface area (Å²) in [6.07, 6.45) is 5.66. The highest BCUT2D eigenvalue weighted by Crippen LogP contribution is 2.10. The molecule has 1 N–H and O–H groups in total. The SMILES string of the molecule is C=Cc1ccc(CN2CCCNCCCN(C)CCC2)cc1. The van der Waals surface area contributed by atoms with Gasteiger partial charge in [-0.15, -0.1) is 0 Å². The molecule has 1 saturated heterocycles. The minimum Gasteiger partial charge on any atom is -0.317 e. The highest BCUT2D eigenvalue weighted by molar-refractivity contribution is 5.47. The van der Waals surface area contributed by atoms with Gasteiger partial charge in [0, 0.05) is 6.54 Å². The van der Waals surface area contributed by atoms with Gasteiger partial charge in [-0.05, 0) is 76.7 Å². The molecule has 1 aliphatic heterocycles. The molecular weight excluding hydrogens is 270 g/mol. The van der Waals surface area contributed by atoms with Gasteiger partial charge in [0.05, 0.1) is 0 Å². The van der Waals surface area contributed by atoms with Crippen LogP contribution in [0, 0.1) is 0 Å². The van der Waals surface area contributed by atoms with E-state index in [4.69, 9.17) is 0 Å². The second kappa shape index (κ2) is 9.78. The summed E-state index contributed by atoms with van der Waals surface area (Å²) in [5.41, 5.74) is 2.60. The van der Waals surface area contributed by atoms with Crippen LogP contribution >= 0.6 is 0 Å². The molecule has 1 aromatic rings. The molecule has 1 aliphatic rings. The molecule has 0 bridgehead atoms. The second-order valence-electron chi connectivity index (χ2n) is 6.34. The maximum absolute atomic E-state index is 3.82. The van der Waals surface area contributed by atoms with Crippen molar-refractivity contribution >= 4 is 6.08 Å². The lowest BCUT2D eigenvalue weighted by molar-refractivity contribution is 0.229. The van der Waals surface area contributed by atoms with Crippen LogP contribution in [0.25, 0.3) is 6.08 Å². The predicted octanol–water partition coefficient (Wildman–Crippen LogP) is 2.84. The van der Waals surface area contributed by atoms with Crippen LogP contribution in [0.15, 0.2) is 30.8 Å². The first-order valence-electron chi connectivity index (χ1n) is 8.61. The molecule has 3 heteroatoms. The van der Waals surface area contributed by atoms with E-state index in [0.29, 0.717) is 0 Å². The van der Waals surface area contributed by atoms with E-state index in [0.717, 1.165) is 19.6 Å². The second-order valence-corrected chi connectivity index (χ2v) is 6.34. The summed E-state index contributed by atoms with van der Waals surface area (Å²) in [5.74, 6) is 0. The van der Waals surface area contributed by atoms with Crippen LogP contribution in [0.3, 0.4) is 0 Å². The summed E-state index contributed by atoms with van der Waals surface area (Å²) in [5, 5.41) is 3.56. The molecule has 1 heterocycles. The average Bonchev–Trinajstić information content (AvgIpc) is 2.53. The quantitative estimate of drug-likeness (QED) is 0.926. The topological polar surface area (TPSA) is 18.5 Å². The van der Waals surface area contributed by atoms with Crippen LogP contribution < -0.4 is 5.32 Å². The molecule has 0 radical (unpaired) electrons. The van der Waals surface area contributed by atoms with E-state index in [1.54, 1.807) is 0 Å². The fraction of sp³-hybridized carbons (Fsp3) is 0.579. The Bertz CT molecular complexity index is 427. The first-order valence-corrected chi connectivity index (χ1v) is 8.61. The summed E-state index contributed by atoms with van der Waals surface area (Å²) in [7, 11) is 2.24. The van der Waals surface area contributed by atoms with Gasteiger partial charge >= 0.3 is 0 Å². The zero-order chi connectivity index (χ0) is 15.6. The molecule has 0 amide bonds. The standard InChI is InChI=1S/C19H31N3/c1-3-18-7-9-19(10-8-18)17-22-15-5-12-20-11-4-13-21(2)14-6-16-22/h3,7-10,20H,1,4-6,11-17H2,2H3. The summed E-state index contributed by atoms with van der Waals surface area (Å²) in [6, 6.07) is 8.79. The number of hydrogen-bond acceptors (Lipinski definition) is 3. The fourth-order valence-electron chi connectivity index (χ4n) is 2.99. The summed E-state index contributed by atoms with van der Waals surface area (Å²) >= 11 is 0. The Morgan fingerprint density at radius 1 is 1.00 bits per heavy atom. The largest absolute Gasteiger partial charge is 0.317 e. The van der Waals surface area contributed by atoms with Gasteiger partial charge < -0.3 is 10.2 Å². The molecular formula is C19H31N3. The van der Waals surface area contributed by atoms with Crippen molar-refractivity contribution in [3.63, 3.8) is 0 Å². The smallest absolute Gasteiger partial charge is 0.0233 e. The molecule has 1 fully saturated rings. The van der Waals surface area contributed by atoms with Gasteiger partial charge in [0.2, 0.25) is 0 Å². The Morgan fingerprint density at radius 3 is 2.36 bits per heavy atom. The third kappa shape index (κ3) is 6.30. The molecule has 0 aliphatic carbocycles. The third-order valence-corrected chi connectivity index (χ3v) is 4.36. The minimum atomic E-state index is 1.06. The van der Waals surface area contributed by atoms with E-state index in [2.05, 4.69) is 53.0 Å². The highest BCUT2D eigenvalue weighted by Gasteiger charge is 2.08. The first-order chi connectivity index (χ1) is 10.8. The van der Waals surface area contributed by atoms with Crippen LogP contribution in [0.5, 0.6) is 0 Å². The minimum absolute atomic E-state index is 1.06. The third-order valence-electron chi connectivity index (χ3n) is 4.36. The predicted molar refractivity (Wildman–Crippen MR) is 96.0 cm³/mol. The molecule has 3 nitrogen and oxygen atoms in total. The first kappa shape index (κ1) is 17.2. The van der Waals surface area contributed by atoms with Crippen molar-refractivity contribution < 1.29 is 0 Å². The van der Waals surface area contributed by atoms with Crippen molar-refractivity contribution in [2.75, 3.05) is 46.3 Å². The van der Waals surface area contributed by atoms with E-state index in [9.17, 15) is 0 Å². The Kier molecular flexibility index (Phi) is 7.64. The lowest BCUT2D eigenvalue weighted by Crippen LogP contribution is -2.33. The van der Waals surface area contributed by atoms with Gasteiger partial charge in [-0.2, -0.15) is 0 Å². The Hall–Kier alpha value is -1.16. The van der Waals surface area contributed by atoms with Gasteiger partial charge in [0.15, 0.2) is 0 Å². The van der Waals surface area contributed by atoms with Crippen LogP contribution in [0.1, 0.15) is 30.4 Å². The van der Waals surface area contributed by atoms with Gasteiger partial charge in [-0.25, -0.2) is 0 Å². The van der Waals surface area contributed by atoms with E-state index in [1.165, 1.54) is 56.6 Å². The molecule has 122 valence electrons. The van der Waals surface area contributed by atoms with Gasteiger partial charge in [0.25, 0.3) is 0 Å². The Balaban J connectivity index is 1.88. The summed E-state index contributed by atoms with van der Waals surface area (Å²) in [6.45, 7) is 11.9. The van der Waals surface area contributed by atoms with E-state index >= 15 is 0 Å². The van der Waals surface area contributed by atoms with Crippen molar-refractivity contribution in [2.24, 2.45) is 0 Å². The molecule has 1 aromatic carbocycles. The molecule has 2 rings (SSSR count). The number of nitrogens with zero attached hydrogens (tertiary/aromatic N) is 2. The molecule has 0 atom stereocenters. The van der Waals surface area contributed by atoms with Crippen molar-refractivity contribution in [2.45, 2.75) is 25.8 Å². The zero-order valence-corrected chi connectivity index (χ0v) is 14.1. The Morgan fingerprint density at radius 2 is 1.64 bits per heavy atom. The van der Waals surface area contributed by atoms with Crippen molar-refractivity contribution in [3.8, 4) is 0 Å².